The fourth-order valence-corrected chi connectivity index (χ4v) is 2.82. The fourth-order valence-electron chi connectivity index (χ4n) is 2.55. The maximum Gasteiger partial charge on any atom is 0.144 e. The van der Waals surface area contributed by atoms with Gasteiger partial charge >= 0.3 is 0 Å². The molecule has 0 atom stereocenters. The summed E-state index contributed by atoms with van der Waals surface area (Å²) in [7, 11) is 1.67. The van der Waals surface area contributed by atoms with E-state index in [0.29, 0.717) is 11.1 Å². The smallest absolute Gasteiger partial charge is 0.144 e. The number of halogens is 1. The van der Waals surface area contributed by atoms with Crippen LogP contribution in [-0.2, 0) is 0 Å². The largest absolute Gasteiger partial charge is 0.494 e. The summed E-state index contributed by atoms with van der Waals surface area (Å²) in [5.41, 5.74) is 1.98. The number of benzene rings is 1. The van der Waals surface area contributed by atoms with E-state index in [1.54, 1.807) is 7.11 Å². The summed E-state index contributed by atoms with van der Waals surface area (Å²) in [6.45, 7) is 1.99. The fraction of sp³-hybridized carbons (Fsp3) is 0.571. The van der Waals surface area contributed by atoms with Gasteiger partial charge in [0.25, 0.3) is 0 Å². The number of nitrogens with one attached hydrogen (secondary N) is 1. The molecule has 0 aromatic heterocycles. The van der Waals surface area contributed by atoms with Crippen LogP contribution in [0.3, 0.4) is 0 Å². The van der Waals surface area contributed by atoms with Crippen molar-refractivity contribution in [3.8, 4) is 5.75 Å². The predicted molar refractivity (Wildman–Crippen MR) is 74.6 cm³/mol. The first kappa shape index (κ1) is 13.5. The molecule has 0 spiro atoms. The molecule has 2 N–H and O–H groups in total. The molecule has 0 aliphatic heterocycles. The molecule has 0 amide bonds. The molecule has 1 aliphatic carbocycles. The Hall–Kier alpha value is -0.930. The third-order valence-electron chi connectivity index (χ3n) is 3.50. The quantitative estimate of drug-likeness (QED) is 0.884. The molecular formula is C14H20ClNO2. The third kappa shape index (κ3) is 3.09. The van der Waals surface area contributed by atoms with Gasteiger partial charge in [0.15, 0.2) is 0 Å². The summed E-state index contributed by atoms with van der Waals surface area (Å²) in [6.07, 6.45) is 3.55. The Morgan fingerprint density at radius 2 is 1.94 bits per heavy atom. The van der Waals surface area contributed by atoms with Gasteiger partial charge < -0.3 is 15.2 Å². The molecule has 3 nitrogen and oxygen atoms in total. The topological polar surface area (TPSA) is 41.5 Å². The van der Waals surface area contributed by atoms with E-state index in [2.05, 4.69) is 5.32 Å². The van der Waals surface area contributed by atoms with Crippen LogP contribution in [0.1, 0.15) is 31.2 Å². The Morgan fingerprint density at radius 1 is 1.28 bits per heavy atom. The minimum Gasteiger partial charge on any atom is -0.494 e. The Balaban J connectivity index is 2.13. The first-order chi connectivity index (χ1) is 8.60. The first-order valence-corrected chi connectivity index (χ1v) is 6.76. The number of methoxy groups -OCH3 is 1. The van der Waals surface area contributed by atoms with Crippen molar-refractivity contribution in [3.63, 3.8) is 0 Å². The van der Waals surface area contributed by atoms with Gasteiger partial charge in [-0.1, -0.05) is 11.6 Å². The second-order valence-corrected chi connectivity index (χ2v) is 5.39. The molecular weight excluding hydrogens is 250 g/mol. The van der Waals surface area contributed by atoms with Crippen molar-refractivity contribution < 1.29 is 9.84 Å². The van der Waals surface area contributed by atoms with Crippen molar-refractivity contribution in [2.24, 2.45) is 0 Å². The molecule has 2 rings (SSSR count). The standard InChI is InChI=1S/C14H20ClNO2/c1-9-7-10(15)8-13(14(9)18-2)16-11-3-5-12(17)6-4-11/h7-8,11-12,16-17H,3-6H2,1-2H3. The van der Waals surface area contributed by atoms with Crippen molar-refractivity contribution in [2.45, 2.75) is 44.8 Å². The summed E-state index contributed by atoms with van der Waals surface area (Å²) < 4.78 is 5.42. The number of rotatable bonds is 3. The zero-order valence-electron chi connectivity index (χ0n) is 10.9. The van der Waals surface area contributed by atoms with Gasteiger partial charge in [0.1, 0.15) is 5.75 Å². The number of aliphatic hydroxyl groups excluding tert-OH is 1. The maximum absolute atomic E-state index is 9.51. The van der Waals surface area contributed by atoms with Crippen LogP contribution in [0.25, 0.3) is 0 Å². The molecule has 0 radical (unpaired) electrons. The average Bonchev–Trinajstić information content (AvgIpc) is 2.32. The van der Waals surface area contributed by atoms with Crippen molar-refractivity contribution in [1.29, 1.82) is 0 Å². The highest BCUT2D eigenvalue weighted by molar-refractivity contribution is 6.31. The van der Waals surface area contributed by atoms with E-state index in [1.165, 1.54) is 0 Å². The van der Waals surface area contributed by atoms with Gasteiger partial charge in [-0.15, -0.1) is 0 Å². The van der Waals surface area contributed by atoms with Gasteiger partial charge in [-0.25, -0.2) is 0 Å². The zero-order valence-corrected chi connectivity index (χ0v) is 11.6. The van der Waals surface area contributed by atoms with Crippen LogP contribution in [0, 0.1) is 6.92 Å². The number of anilines is 1. The molecule has 100 valence electrons. The second kappa shape index (κ2) is 5.81. The summed E-state index contributed by atoms with van der Waals surface area (Å²) in [6, 6.07) is 4.19. The van der Waals surface area contributed by atoms with Gasteiger partial charge in [0.2, 0.25) is 0 Å². The van der Waals surface area contributed by atoms with E-state index in [4.69, 9.17) is 16.3 Å². The van der Waals surface area contributed by atoms with E-state index in [9.17, 15) is 5.11 Å². The van der Waals surface area contributed by atoms with Gasteiger partial charge in [-0.2, -0.15) is 0 Å². The van der Waals surface area contributed by atoms with Crippen LogP contribution in [0.4, 0.5) is 5.69 Å². The Bertz CT molecular complexity index is 415. The van der Waals surface area contributed by atoms with Gasteiger partial charge in [0, 0.05) is 11.1 Å². The van der Waals surface area contributed by atoms with Crippen LogP contribution < -0.4 is 10.1 Å². The Labute approximate surface area is 113 Å². The van der Waals surface area contributed by atoms with E-state index < -0.39 is 0 Å². The molecule has 18 heavy (non-hydrogen) atoms. The van der Waals surface area contributed by atoms with Crippen molar-refractivity contribution in [2.75, 3.05) is 12.4 Å². The molecule has 4 heteroatoms. The third-order valence-corrected chi connectivity index (χ3v) is 3.72. The van der Waals surface area contributed by atoms with Crippen molar-refractivity contribution in [3.05, 3.63) is 22.7 Å². The molecule has 0 unspecified atom stereocenters. The molecule has 1 aromatic rings. The summed E-state index contributed by atoms with van der Waals surface area (Å²) in [4.78, 5) is 0. The van der Waals surface area contributed by atoms with Crippen LogP contribution in [0.2, 0.25) is 5.02 Å². The number of hydrogen-bond acceptors (Lipinski definition) is 3. The van der Waals surface area contributed by atoms with Crippen molar-refractivity contribution >= 4 is 17.3 Å². The first-order valence-electron chi connectivity index (χ1n) is 6.39. The lowest BCUT2D eigenvalue weighted by Crippen LogP contribution is -2.28. The molecule has 0 bridgehead atoms. The van der Waals surface area contributed by atoms with Crippen LogP contribution in [-0.4, -0.2) is 24.4 Å². The van der Waals surface area contributed by atoms with Gasteiger partial charge in [-0.3, -0.25) is 0 Å². The number of aryl methyl sites for hydroxylation is 1. The Morgan fingerprint density at radius 3 is 2.56 bits per heavy atom. The molecule has 0 heterocycles. The van der Waals surface area contributed by atoms with Crippen molar-refractivity contribution in [1.82, 2.24) is 0 Å². The monoisotopic (exact) mass is 269 g/mol. The lowest BCUT2D eigenvalue weighted by Gasteiger charge is -2.28. The van der Waals surface area contributed by atoms with Crippen LogP contribution >= 0.6 is 11.6 Å². The highest BCUT2D eigenvalue weighted by Gasteiger charge is 2.20. The number of hydrogen-bond donors (Lipinski definition) is 2. The number of ether oxygens (including phenoxy) is 1. The highest BCUT2D eigenvalue weighted by Crippen LogP contribution is 2.34. The van der Waals surface area contributed by atoms with E-state index in [-0.39, 0.29) is 6.10 Å². The molecule has 1 aromatic carbocycles. The van der Waals surface area contributed by atoms with E-state index in [0.717, 1.165) is 42.7 Å². The zero-order chi connectivity index (χ0) is 13.1. The highest BCUT2D eigenvalue weighted by atomic mass is 35.5. The van der Waals surface area contributed by atoms with Crippen LogP contribution in [0.5, 0.6) is 5.75 Å². The predicted octanol–water partition coefficient (Wildman–Crippen LogP) is 3.37. The molecule has 1 saturated carbocycles. The summed E-state index contributed by atoms with van der Waals surface area (Å²) in [5.74, 6) is 0.852. The normalized spacial score (nSPS) is 23.8. The minimum atomic E-state index is -0.133. The Kier molecular flexibility index (Phi) is 4.36. The van der Waals surface area contributed by atoms with Gasteiger partial charge in [0.05, 0.1) is 18.9 Å². The summed E-state index contributed by atoms with van der Waals surface area (Å²) in [5, 5.41) is 13.7. The second-order valence-electron chi connectivity index (χ2n) is 4.95. The average molecular weight is 270 g/mol. The lowest BCUT2D eigenvalue weighted by atomic mass is 9.93. The lowest BCUT2D eigenvalue weighted by molar-refractivity contribution is 0.126. The molecule has 0 saturated heterocycles. The maximum atomic E-state index is 9.51. The SMILES string of the molecule is COc1c(C)cc(Cl)cc1NC1CCC(O)CC1. The summed E-state index contributed by atoms with van der Waals surface area (Å²) >= 11 is 6.08. The van der Waals surface area contributed by atoms with Gasteiger partial charge in [-0.05, 0) is 50.3 Å². The van der Waals surface area contributed by atoms with Crippen LogP contribution in [0.15, 0.2) is 12.1 Å². The minimum absolute atomic E-state index is 0.133. The molecule has 1 fully saturated rings. The van der Waals surface area contributed by atoms with E-state index in [1.807, 2.05) is 19.1 Å². The van der Waals surface area contributed by atoms with E-state index >= 15 is 0 Å². The molecule has 1 aliphatic rings. The number of aliphatic hydroxyl groups is 1.